The molecule has 0 aliphatic rings. The number of nitrogens with one attached hydrogen (secondary N) is 2. The van der Waals surface area contributed by atoms with Gasteiger partial charge in [-0.05, 0) is 29.7 Å². The lowest BCUT2D eigenvalue weighted by Crippen LogP contribution is -2.27. The maximum atomic E-state index is 11.8. The highest BCUT2D eigenvalue weighted by atomic mass is 16.2. The number of aryl methyl sites for hydroxylation is 1. The Bertz CT molecular complexity index is 621. The van der Waals surface area contributed by atoms with E-state index in [1.165, 1.54) is 5.56 Å². The molecule has 0 radical (unpaired) electrons. The van der Waals surface area contributed by atoms with Gasteiger partial charge in [-0.1, -0.05) is 49.4 Å². The van der Waals surface area contributed by atoms with Crippen LogP contribution < -0.4 is 10.6 Å². The Hall–Kier alpha value is -2.62. The van der Waals surface area contributed by atoms with Crippen LogP contribution in [-0.4, -0.2) is 11.8 Å². The van der Waals surface area contributed by atoms with Gasteiger partial charge >= 0.3 is 0 Å². The van der Waals surface area contributed by atoms with Crippen molar-refractivity contribution in [3.05, 3.63) is 65.7 Å². The molecule has 0 spiro atoms. The minimum atomic E-state index is -0.310. The largest absolute Gasteiger partial charge is 0.352 e. The van der Waals surface area contributed by atoms with E-state index in [0.29, 0.717) is 12.2 Å². The molecule has 4 nitrogen and oxygen atoms in total. The van der Waals surface area contributed by atoms with E-state index in [1.54, 1.807) is 0 Å². The minimum absolute atomic E-state index is 0.178. The zero-order chi connectivity index (χ0) is 15.8. The Morgan fingerprint density at radius 1 is 0.864 bits per heavy atom. The first-order chi connectivity index (χ1) is 10.7. The van der Waals surface area contributed by atoms with Crippen molar-refractivity contribution < 1.29 is 9.59 Å². The van der Waals surface area contributed by atoms with Crippen molar-refractivity contribution in [2.75, 3.05) is 5.32 Å². The Balaban J connectivity index is 1.77. The second-order valence-electron chi connectivity index (χ2n) is 5.04. The van der Waals surface area contributed by atoms with Crippen LogP contribution in [0.3, 0.4) is 0 Å². The molecule has 22 heavy (non-hydrogen) atoms. The Kier molecular flexibility index (Phi) is 5.72. The van der Waals surface area contributed by atoms with Crippen molar-refractivity contribution in [3.8, 4) is 0 Å². The summed E-state index contributed by atoms with van der Waals surface area (Å²) in [5.41, 5.74) is 2.92. The van der Waals surface area contributed by atoms with Crippen LogP contribution in [0.25, 0.3) is 0 Å². The molecule has 0 bridgehead atoms. The molecule has 0 heterocycles. The lowest BCUT2D eigenvalue weighted by Gasteiger charge is -2.07. The Morgan fingerprint density at radius 3 is 2.18 bits per heavy atom. The van der Waals surface area contributed by atoms with Gasteiger partial charge in [0, 0.05) is 12.2 Å². The third kappa shape index (κ3) is 5.05. The zero-order valence-electron chi connectivity index (χ0n) is 12.6. The first kappa shape index (κ1) is 15.8. The summed E-state index contributed by atoms with van der Waals surface area (Å²) in [6, 6.07) is 17.2. The summed E-state index contributed by atoms with van der Waals surface area (Å²) in [5.74, 6) is -0.596. The van der Waals surface area contributed by atoms with Gasteiger partial charge in [-0.2, -0.15) is 0 Å². The summed E-state index contributed by atoms with van der Waals surface area (Å²) < 4.78 is 0. The van der Waals surface area contributed by atoms with Crippen LogP contribution in [0.15, 0.2) is 54.6 Å². The van der Waals surface area contributed by atoms with E-state index in [2.05, 4.69) is 17.6 Å². The summed E-state index contributed by atoms with van der Waals surface area (Å²) in [7, 11) is 0. The molecule has 0 saturated heterocycles. The van der Waals surface area contributed by atoms with E-state index < -0.39 is 0 Å². The standard InChI is InChI=1S/C18H20N2O2/c1-2-14-8-10-16(11-9-14)20-18(22)12-17(21)19-13-15-6-4-3-5-7-15/h3-11H,2,12-13H2,1H3,(H,19,21)(H,20,22). The summed E-state index contributed by atoms with van der Waals surface area (Å²) in [6.07, 6.45) is 0.776. The summed E-state index contributed by atoms with van der Waals surface area (Å²) in [5, 5.41) is 5.46. The van der Waals surface area contributed by atoms with Gasteiger partial charge in [-0.25, -0.2) is 0 Å². The fourth-order valence-corrected chi connectivity index (χ4v) is 2.03. The molecule has 0 unspecified atom stereocenters. The minimum Gasteiger partial charge on any atom is -0.352 e. The highest BCUT2D eigenvalue weighted by Gasteiger charge is 2.09. The number of carbonyl (C=O) groups is 2. The molecular formula is C18H20N2O2. The smallest absolute Gasteiger partial charge is 0.233 e. The lowest BCUT2D eigenvalue weighted by molar-refractivity contribution is -0.126. The number of amides is 2. The van der Waals surface area contributed by atoms with E-state index in [9.17, 15) is 9.59 Å². The molecule has 2 N–H and O–H groups in total. The number of hydrogen-bond donors (Lipinski definition) is 2. The summed E-state index contributed by atoms with van der Waals surface area (Å²) >= 11 is 0. The fourth-order valence-electron chi connectivity index (χ4n) is 2.03. The van der Waals surface area contributed by atoms with Gasteiger partial charge in [0.05, 0.1) is 0 Å². The lowest BCUT2D eigenvalue weighted by atomic mass is 10.1. The van der Waals surface area contributed by atoms with Crippen molar-refractivity contribution in [3.63, 3.8) is 0 Å². The number of carbonyl (C=O) groups excluding carboxylic acids is 2. The average molecular weight is 296 g/mol. The van der Waals surface area contributed by atoms with E-state index in [4.69, 9.17) is 0 Å². The van der Waals surface area contributed by atoms with Crippen molar-refractivity contribution in [1.82, 2.24) is 5.32 Å². The average Bonchev–Trinajstić information content (AvgIpc) is 2.54. The Labute approximate surface area is 130 Å². The highest BCUT2D eigenvalue weighted by Crippen LogP contribution is 2.10. The molecule has 0 aliphatic heterocycles. The first-order valence-corrected chi connectivity index (χ1v) is 7.37. The normalized spacial score (nSPS) is 10.0. The van der Waals surface area contributed by atoms with E-state index in [-0.39, 0.29) is 18.2 Å². The van der Waals surface area contributed by atoms with Gasteiger partial charge in [0.1, 0.15) is 6.42 Å². The van der Waals surface area contributed by atoms with E-state index >= 15 is 0 Å². The molecule has 0 atom stereocenters. The van der Waals surface area contributed by atoms with E-state index in [0.717, 1.165) is 12.0 Å². The predicted molar refractivity (Wildman–Crippen MR) is 87.4 cm³/mol. The van der Waals surface area contributed by atoms with Crippen LogP contribution in [0, 0.1) is 0 Å². The first-order valence-electron chi connectivity index (χ1n) is 7.37. The van der Waals surface area contributed by atoms with Crippen LogP contribution in [0.5, 0.6) is 0 Å². The van der Waals surface area contributed by atoms with Crippen molar-refractivity contribution in [2.45, 2.75) is 26.3 Å². The molecule has 0 aliphatic carbocycles. The SMILES string of the molecule is CCc1ccc(NC(=O)CC(=O)NCc2ccccc2)cc1. The second kappa shape index (κ2) is 7.98. The monoisotopic (exact) mass is 296 g/mol. The number of hydrogen-bond acceptors (Lipinski definition) is 2. The van der Waals surface area contributed by atoms with E-state index in [1.807, 2.05) is 54.6 Å². The van der Waals surface area contributed by atoms with Crippen LogP contribution in [0.2, 0.25) is 0 Å². The number of anilines is 1. The Morgan fingerprint density at radius 2 is 1.55 bits per heavy atom. The molecule has 0 aromatic heterocycles. The predicted octanol–water partition coefficient (Wildman–Crippen LogP) is 2.89. The summed E-state index contributed by atoms with van der Waals surface area (Å²) in [4.78, 5) is 23.6. The van der Waals surface area contributed by atoms with Gasteiger partial charge in [0.25, 0.3) is 0 Å². The molecular weight excluding hydrogens is 276 g/mol. The van der Waals surface area contributed by atoms with Crippen molar-refractivity contribution in [2.24, 2.45) is 0 Å². The topological polar surface area (TPSA) is 58.2 Å². The molecule has 2 aromatic rings. The zero-order valence-corrected chi connectivity index (χ0v) is 12.6. The molecule has 114 valence electrons. The quantitative estimate of drug-likeness (QED) is 0.805. The van der Waals surface area contributed by atoms with Crippen LogP contribution in [-0.2, 0) is 22.6 Å². The number of rotatable bonds is 6. The third-order valence-corrected chi connectivity index (χ3v) is 3.30. The van der Waals surface area contributed by atoms with Crippen LogP contribution in [0.1, 0.15) is 24.5 Å². The molecule has 2 rings (SSSR count). The van der Waals surface area contributed by atoms with Gasteiger partial charge in [0.15, 0.2) is 0 Å². The van der Waals surface area contributed by atoms with Crippen molar-refractivity contribution >= 4 is 17.5 Å². The molecule has 4 heteroatoms. The van der Waals surface area contributed by atoms with Crippen LogP contribution in [0.4, 0.5) is 5.69 Å². The maximum absolute atomic E-state index is 11.8. The highest BCUT2D eigenvalue weighted by molar-refractivity contribution is 6.03. The number of benzene rings is 2. The van der Waals surface area contributed by atoms with Gasteiger partial charge in [0.2, 0.25) is 11.8 Å². The fraction of sp³-hybridized carbons (Fsp3) is 0.222. The van der Waals surface area contributed by atoms with Crippen LogP contribution >= 0.6 is 0 Å². The molecule has 0 saturated carbocycles. The molecule has 0 fully saturated rings. The van der Waals surface area contributed by atoms with Gasteiger partial charge < -0.3 is 10.6 Å². The maximum Gasteiger partial charge on any atom is 0.233 e. The molecule has 2 aromatic carbocycles. The second-order valence-corrected chi connectivity index (χ2v) is 5.04. The molecule has 2 amide bonds. The van der Waals surface area contributed by atoms with Gasteiger partial charge in [-0.15, -0.1) is 0 Å². The third-order valence-electron chi connectivity index (χ3n) is 3.30. The van der Waals surface area contributed by atoms with Gasteiger partial charge in [-0.3, -0.25) is 9.59 Å². The summed E-state index contributed by atoms with van der Waals surface area (Å²) in [6.45, 7) is 2.50. The van der Waals surface area contributed by atoms with Crippen molar-refractivity contribution in [1.29, 1.82) is 0 Å².